The average molecular weight is 250 g/mol. The fourth-order valence-corrected chi connectivity index (χ4v) is 1.98. The molecule has 2 aromatic rings. The predicted octanol–water partition coefficient (Wildman–Crippen LogP) is 3.42. The third kappa shape index (κ3) is 2.19. The highest BCUT2D eigenvalue weighted by molar-refractivity contribution is 6.35. The minimum Gasteiger partial charge on any atom is -0.493 e. The van der Waals surface area contributed by atoms with E-state index in [2.05, 4.69) is 4.98 Å². The zero-order valence-corrected chi connectivity index (χ0v) is 10.4. The summed E-state index contributed by atoms with van der Waals surface area (Å²) in [6, 6.07) is 7.52. The van der Waals surface area contributed by atoms with Crippen molar-refractivity contribution >= 4 is 11.6 Å². The molecule has 0 aliphatic carbocycles. The molecule has 88 valence electrons. The fourth-order valence-electron chi connectivity index (χ4n) is 1.63. The first-order chi connectivity index (χ1) is 8.27. The summed E-state index contributed by atoms with van der Waals surface area (Å²) in [4.78, 5) is 4.07. The maximum Gasteiger partial charge on any atom is 0.180 e. The number of methoxy groups -OCH3 is 2. The first kappa shape index (κ1) is 11.7. The number of pyridine rings is 1. The minimum absolute atomic E-state index is 0.528. The number of nitrogens with zero attached hydrogens (tertiary/aromatic N) is 1. The smallest absolute Gasteiger partial charge is 0.180 e. The molecule has 0 aliphatic rings. The Kier molecular flexibility index (Phi) is 3.49. The van der Waals surface area contributed by atoms with Crippen LogP contribution in [0.25, 0.3) is 11.1 Å². The van der Waals surface area contributed by atoms with Crippen molar-refractivity contribution in [3.63, 3.8) is 0 Å². The number of hydrogen-bond donors (Lipinski definition) is 0. The molecule has 0 aliphatic heterocycles. The molecule has 1 aromatic heterocycles. The summed E-state index contributed by atoms with van der Waals surface area (Å²) in [7, 11) is 3.15. The van der Waals surface area contributed by atoms with Gasteiger partial charge < -0.3 is 9.47 Å². The van der Waals surface area contributed by atoms with Crippen molar-refractivity contribution in [1.29, 1.82) is 0 Å². The van der Waals surface area contributed by atoms with Crippen molar-refractivity contribution in [2.24, 2.45) is 0 Å². The highest BCUT2D eigenvalue weighted by Gasteiger charge is 2.14. The molecule has 1 heterocycles. The van der Waals surface area contributed by atoms with Gasteiger partial charge in [-0.2, -0.15) is 0 Å². The summed E-state index contributed by atoms with van der Waals surface area (Å²) in [6.07, 6.45) is 3.48. The van der Waals surface area contributed by atoms with Crippen LogP contribution in [0.5, 0.6) is 11.5 Å². The summed E-state index contributed by atoms with van der Waals surface area (Å²) in [5, 5.41) is 0.528. The quantitative estimate of drug-likeness (QED) is 0.835. The molecule has 0 atom stereocenters. The first-order valence-electron chi connectivity index (χ1n) is 5.08. The topological polar surface area (TPSA) is 31.4 Å². The van der Waals surface area contributed by atoms with Crippen molar-refractivity contribution in [3.05, 3.63) is 41.7 Å². The van der Waals surface area contributed by atoms with Gasteiger partial charge in [-0.3, -0.25) is 4.98 Å². The van der Waals surface area contributed by atoms with Crippen LogP contribution in [0.3, 0.4) is 0 Å². The summed E-state index contributed by atoms with van der Waals surface area (Å²) in [5.41, 5.74) is 1.82. The van der Waals surface area contributed by atoms with Crippen LogP contribution in [0.15, 0.2) is 36.7 Å². The Morgan fingerprint density at radius 2 is 1.94 bits per heavy atom. The Labute approximate surface area is 105 Å². The molecule has 0 unspecified atom stereocenters. The maximum atomic E-state index is 6.29. The van der Waals surface area contributed by atoms with E-state index in [9.17, 15) is 0 Å². The van der Waals surface area contributed by atoms with Crippen molar-refractivity contribution in [2.75, 3.05) is 14.2 Å². The molecule has 0 saturated carbocycles. The van der Waals surface area contributed by atoms with E-state index in [1.54, 1.807) is 26.6 Å². The van der Waals surface area contributed by atoms with Gasteiger partial charge in [0, 0.05) is 23.5 Å². The van der Waals surface area contributed by atoms with Gasteiger partial charge >= 0.3 is 0 Å². The lowest BCUT2D eigenvalue weighted by Crippen LogP contribution is -1.93. The lowest BCUT2D eigenvalue weighted by molar-refractivity contribution is 0.355. The molecule has 17 heavy (non-hydrogen) atoms. The zero-order chi connectivity index (χ0) is 12.3. The van der Waals surface area contributed by atoms with Crippen LogP contribution >= 0.6 is 11.6 Å². The van der Waals surface area contributed by atoms with E-state index in [4.69, 9.17) is 21.1 Å². The third-order valence-corrected chi connectivity index (χ3v) is 2.83. The highest BCUT2D eigenvalue weighted by Crippen LogP contribution is 2.41. The molecule has 0 spiro atoms. The molecule has 1 aromatic carbocycles. The van der Waals surface area contributed by atoms with Gasteiger partial charge in [-0.15, -0.1) is 0 Å². The fraction of sp³-hybridized carbons (Fsp3) is 0.154. The van der Waals surface area contributed by atoms with E-state index in [-0.39, 0.29) is 0 Å². The van der Waals surface area contributed by atoms with Crippen LogP contribution < -0.4 is 9.47 Å². The lowest BCUT2D eigenvalue weighted by atomic mass is 10.1. The van der Waals surface area contributed by atoms with Crippen LogP contribution in [0.4, 0.5) is 0 Å². The average Bonchev–Trinajstić information content (AvgIpc) is 2.39. The predicted molar refractivity (Wildman–Crippen MR) is 67.8 cm³/mol. The molecule has 0 amide bonds. The Morgan fingerprint density at radius 1 is 1.12 bits per heavy atom. The second-order valence-electron chi connectivity index (χ2n) is 3.40. The lowest BCUT2D eigenvalue weighted by Gasteiger charge is -2.12. The number of rotatable bonds is 3. The zero-order valence-electron chi connectivity index (χ0n) is 9.61. The van der Waals surface area contributed by atoms with Crippen molar-refractivity contribution in [3.8, 4) is 22.6 Å². The molecule has 0 radical (unpaired) electrons. The van der Waals surface area contributed by atoms with Crippen LogP contribution in [0.2, 0.25) is 5.02 Å². The Morgan fingerprint density at radius 3 is 2.53 bits per heavy atom. The van der Waals surface area contributed by atoms with Crippen LogP contribution in [-0.4, -0.2) is 19.2 Å². The Balaban J connectivity index is 2.57. The van der Waals surface area contributed by atoms with E-state index >= 15 is 0 Å². The molecular formula is C13H12ClNO2. The van der Waals surface area contributed by atoms with Gasteiger partial charge in [-0.05, 0) is 18.2 Å². The van der Waals surface area contributed by atoms with Gasteiger partial charge in [0.15, 0.2) is 11.5 Å². The number of ether oxygens (including phenoxy) is 2. The molecular weight excluding hydrogens is 238 g/mol. The third-order valence-electron chi connectivity index (χ3n) is 2.46. The number of benzene rings is 1. The van der Waals surface area contributed by atoms with E-state index in [0.29, 0.717) is 16.5 Å². The van der Waals surface area contributed by atoms with Crippen molar-refractivity contribution in [2.45, 2.75) is 0 Å². The van der Waals surface area contributed by atoms with Gasteiger partial charge in [0.05, 0.1) is 19.2 Å². The second kappa shape index (κ2) is 5.06. The summed E-state index contributed by atoms with van der Waals surface area (Å²) in [6.45, 7) is 0. The largest absolute Gasteiger partial charge is 0.493 e. The van der Waals surface area contributed by atoms with E-state index in [0.717, 1.165) is 11.1 Å². The van der Waals surface area contributed by atoms with Crippen molar-refractivity contribution in [1.82, 2.24) is 4.98 Å². The second-order valence-corrected chi connectivity index (χ2v) is 3.78. The summed E-state index contributed by atoms with van der Waals surface area (Å²) < 4.78 is 10.4. The molecule has 0 fully saturated rings. The van der Waals surface area contributed by atoms with E-state index < -0.39 is 0 Å². The Bertz CT molecular complexity index is 514. The molecule has 3 nitrogen and oxygen atoms in total. The first-order valence-corrected chi connectivity index (χ1v) is 5.46. The van der Waals surface area contributed by atoms with Gasteiger partial charge in [0.2, 0.25) is 0 Å². The monoisotopic (exact) mass is 249 g/mol. The van der Waals surface area contributed by atoms with E-state index in [1.807, 2.05) is 24.3 Å². The standard InChI is InChI=1S/C13H12ClNO2/c1-16-11-6-5-10(12(14)13(11)17-2)9-4-3-7-15-8-9/h3-8H,1-2H3. The minimum atomic E-state index is 0.528. The number of halogens is 1. The summed E-state index contributed by atoms with van der Waals surface area (Å²) in [5.74, 6) is 1.15. The normalized spacial score (nSPS) is 10.1. The van der Waals surface area contributed by atoms with Gasteiger partial charge in [0.1, 0.15) is 0 Å². The molecule has 0 bridgehead atoms. The molecule has 0 N–H and O–H groups in total. The molecule has 2 rings (SSSR count). The van der Waals surface area contributed by atoms with Gasteiger partial charge in [0.25, 0.3) is 0 Å². The number of aromatic nitrogens is 1. The van der Waals surface area contributed by atoms with E-state index in [1.165, 1.54) is 0 Å². The SMILES string of the molecule is COc1ccc(-c2cccnc2)c(Cl)c1OC. The van der Waals surface area contributed by atoms with Crippen LogP contribution in [0.1, 0.15) is 0 Å². The van der Waals surface area contributed by atoms with Gasteiger partial charge in [-0.25, -0.2) is 0 Å². The number of hydrogen-bond acceptors (Lipinski definition) is 3. The van der Waals surface area contributed by atoms with Gasteiger partial charge in [-0.1, -0.05) is 17.7 Å². The summed E-state index contributed by atoms with van der Waals surface area (Å²) >= 11 is 6.29. The highest BCUT2D eigenvalue weighted by atomic mass is 35.5. The maximum absolute atomic E-state index is 6.29. The van der Waals surface area contributed by atoms with Crippen LogP contribution in [0, 0.1) is 0 Å². The van der Waals surface area contributed by atoms with Crippen molar-refractivity contribution < 1.29 is 9.47 Å². The Hall–Kier alpha value is -1.74. The molecule has 4 heteroatoms. The molecule has 0 saturated heterocycles. The van der Waals surface area contributed by atoms with Crippen LogP contribution in [-0.2, 0) is 0 Å².